The molecule has 0 aliphatic heterocycles. The second-order valence-electron chi connectivity index (χ2n) is 5.45. The van der Waals surface area contributed by atoms with Crippen LogP contribution < -0.4 is 11.0 Å². The summed E-state index contributed by atoms with van der Waals surface area (Å²) in [5.74, 6) is -1.77. The molecule has 10 nitrogen and oxygen atoms in total. The first-order valence-electron chi connectivity index (χ1n) is 7.60. The van der Waals surface area contributed by atoms with Crippen LogP contribution in [0.4, 0.5) is 13.2 Å². The Morgan fingerprint density at radius 3 is 2.70 bits per heavy atom. The van der Waals surface area contributed by atoms with Gasteiger partial charge in [-0.05, 0) is 28.6 Å². The quantitative estimate of drug-likeness (QED) is 0.665. The summed E-state index contributed by atoms with van der Waals surface area (Å²) in [7, 11) is 0.984. The van der Waals surface area contributed by atoms with Crippen molar-refractivity contribution in [3.63, 3.8) is 0 Å². The van der Waals surface area contributed by atoms with Crippen molar-refractivity contribution in [1.29, 1.82) is 0 Å². The van der Waals surface area contributed by atoms with E-state index in [2.05, 4.69) is 25.9 Å². The average molecular weight is 382 g/mol. The number of nitrogens with zero attached hydrogens (tertiary/aromatic N) is 7. The van der Waals surface area contributed by atoms with Crippen LogP contribution in [0.15, 0.2) is 35.4 Å². The second-order valence-corrected chi connectivity index (χ2v) is 5.45. The van der Waals surface area contributed by atoms with E-state index < -0.39 is 23.6 Å². The van der Waals surface area contributed by atoms with Crippen molar-refractivity contribution in [2.45, 2.75) is 12.7 Å². The fourth-order valence-corrected chi connectivity index (χ4v) is 2.33. The zero-order chi connectivity index (χ0) is 19.6. The lowest BCUT2D eigenvalue weighted by atomic mass is 10.2. The molecule has 0 radical (unpaired) electrons. The Balaban J connectivity index is 1.66. The molecule has 3 aromatic rings. The number of aromatic nitrogens is 7. The molecule has 3 rings (SSSR count). The Bertz CT molecular complexity index is 1010. The fourth-order valence-electron chi connectivity index (χ4n) is 2.33. The van der Waals surface area contributed by atoms with E-state index in [1.165, 1.54) is 11.0 Å². The standard InChI is InChI=1S/C14H13F3N8O2/c1-23-12(14(15,16)17)20-24(13(23)27)6-5-18-11(26)9-3-2-4-10(7-9)25-8-19-21-22-25/h2-4,7-8H,5-6H2,1H3,(H,18,26). The van der Waals surface area contributed by atoms with Gasteiger partial charge in [-0.15, -0.1) is 10.2 Å². The summed E-state index contributed by atoms with van der Waals surface area (Å²) < 4.78 is 40.7. The molecule has 0 aliphatic rings. The first kappa shape index (κ1) is 18.3. The number of carbonyl (C=O) groups excluding carboxylic acids is 1. The Morgan fingerprint density at radius 1 is 1.30 bits per heavy atom. The largest absolute Gasteiger partial charge is 0.451 e. The van der Waals surface area contributed by atoms with E-state index in [4.69, 9.17) is 0 Å². The van der Waals surface area contributed by atoms with Gasteiger partial charge in [0.15, 0.2) is 0 Å². The van der Waals surface area contributed by atoms with Crippen molar-refractivity contribution < 1.29 is 18.0 Å². The number of halogens is 3. The van der Waals surface area contributed by atoms with Gasteiger partial charge in [0.25, 0.3) is 5.91 Å². The van der Waals surface area contributed by atoms with Crippen molar-refractivity contribution in [2.75, 3.05) is 6.54 Å². The number of rotatable bonds is 5. The molecule has 0 saturated carbocycles. The lowest BCUT2D eigenvalue weighted by molar-refractivity contribution is -0.147. The third-order valence-electron chi connectivity index (χ3n) is 3.63. The van der Waals surface area contributed by atoms with E-state index in [1.807, 2.05) is 0 Å². The number of amides is 1. The molecular formula is C14H13F3N8O2. The molecule has 1 aromatic carbocycles. The number of hydrogen-bond acceptors (Lipinski definition) is 6. The van der Waals surface area contributed by atoms with E-state index in [9.17, 15) is 22.8 Å². The highest BCUT2D eigenvalue weighted by Gasteiger charge is 2.37. The maximum absolute atomic E-state index is 12.7. The number of carbonyl (C=O) groups is 1. The van der Waals surface area contributed by atoms with E-state index in [0.29, 0.717) is 20.5 Å². The first-order valence-corrected chi connectivity index (χ1v) is 7.60. The van der Waals surface area contributed by atoms with Crippen LogP contribution >= 0.6 is 0 Å². The minimum absolute atomic E-state index is 0.0812. The van der Waals surface area contributed by atoms with Crippen LogP contribution in [-0.2, 0) is 19.8 Å². The molecule has 142 valence electrons. The van der Waals surface area contributed by atoms with Gasteiger partial charge >= 0.3 is 11.9 Å². The molecule has 2 heterocycles. The maximum atomic E-state index is 12.7. The van der Waals surface area contributed by atoms with Crippen LogP contribution in [0.5, 0.6) is 0 Å². The molecule has 0 fully saturated rings. The zero-order valence-electron chi connectivity index (χ0n) is 13.9. The number of tetrazole rings is 1. The van der Waals surface area contributed by atoms with Gasteiger partial charge in [-0.3, -0.25) is 9.36 Å². The van der Waals surface area contributed by atoms with E-state index in [1.54, 1.807) is 24.3 Å². The molecule has 0 atom stereocenters. The van der Waals surface area contributed by atoms with Crippen molar-refractivity contribution >= 4 is 5.91 Å². The zero-order valence-corrected chi connectivity index (χ0v) is 13.9. The third kappa shape index (κ3) is 3.86. The average Bonchev–Trinajstić information content (AvgIpc) is 3.25. The Kier molecular flexibility index (Phi) is 4.75. The van der Waals surface area contributed by atoms with Crippen LogP contribution in [0.1, 0.15) is 16.2 Å². The van der Waals surface area contributed by atoms with Gasteiger partial charge in [-0.2, -0.15) is 13.2 Å². The summed E-state index contributed by atoms with van der Waals surface area (Å²) in [5, 5.41) is 16.5. The molecule has 2 aromatic heterocycles. The van der Waals surface area contributed by atoms with Crippen LogP contribution in [0.3, 0.4) is 0 Å². The molecule has 1 N–H and O–H groups in total. The summed E-state index contributed by atoms with van der Waals surface area (Å²) >= 11 is 0. The number of benzene rings is 1. The number of nitrogens with one attached hydrogen (secondary N) is 1. The van der Waals surface area contributed by atoms with E-state index in [0.717, 1.165) is 7.05 Å². The number of alkyl halides is 3. The Hall–Kier alpha value is -3.51. The molecule has 0 bridgehead atoms. The van der Waals surface area contributed by atoms with Gasteiger partial charge in [0.2, 0.25) is 5.82 Å². The third-order valence-corrected chi connectivity index (χ3v) is 3.63. The van der Waals surface area contributed by atoms with Crippen LogP contribution in [0.25, 0.3) is 5.69 Å². The highest BCUT2D eigenvalue weighted by molar-refractivity contribution is 5.94. The lowest BCUT2D eigenvalue weighted by Crippen LogP contribution is -2.31. The van der Waals surface area contributed by atoms with Crippen molar-refractivity contribution in [3.8, 4) is 5.69 Å². The van der Waals surface area contributed by atoms with Gasteiger partial charge in [0.1, 0.15) is 6.33 Å². The Morgan fingerprint density at radius 2 is 2.07 bits per heavy atom. The summed E-state index contributed by atoms with van der Waals surface area (Å²) in [6.45, 7) is -0.288. The number of hydrogen-bond donors (Lipinski definition) is 1. The molecule has 27 heavy (non-hydrogen) atoms. The SMILES string of the molecule is Cn1c(C(F)(F)F)nn(CCNC(=O)c2cccc(-n3cnnn3)c2)c1=O. The molecule has 1 amide bonds. The minimum Gasteiger partial charge on any atom is -0.350 e. The predicted molar refractivity (Wildman–Crippen MR) is 84.0 cm³/mol. The maximum Gasteiger partial charge on any atom is 0.451 e. The smallest absolute Gasteiger partial charge is 0.350 e. The van der Waals surface area contributed by atoms with Gasteiger partial charge < -0.3 is 5.32 Å². The highest BCUT2D eigenvalue weighted by atomic mass is 19.4. The van der Waals surface area contributed by atoms with Gasteiger partial charge in [0, 0.05) is 19.2 Å². The summed E-state index contributed by atoms with van der Waals surface area (Å²) in [6.07, 6.45) is -3.37. The summed E-state index contributed by atoms with van der Waals surface area (Å²) in [5.41, 5.74) is -0.0620. The molecule has 0 saturated heterocycles. The van der Waals surface area contributed by atoms with E-state index in [-0.39, 0.29) is 13.1 Å². The summed E-state index contributed by atoms with van der Waals surface area (Å²) in [6, 6.07) is 6.42. The molecule has 13 heteroatoms. The van der Waals surface area contributed by atoms with Crippen molar-refractivity contribution in [1.82, 2.24) is 39.9 Å². The highest BCUT2D eigenvalue weighted by Crippen LogP contribution is 2.25. The molecule has 0 unspecified atom stereocenters. The normalized spacial score (nSPS) is 11.6. The predicted octanol–water partition coefficient (Wildman–Crippen LogP) is 0.00630. The van der Waals surface area contributed by atoms with Crippen LogP contribution in [0, 0.1) is 0 Å². The van der Waals surface area contributed by atoms with Gasteiger partial charge in [-0.25, -0.2) is 14.2 Å². The fraction of sp³-hybridized carbons (Fsp3) is 0.286. The first-order chi connectivity index (χ1) is 12.8. The Labute approximate surface area is 149 Å². The molecule has 0 spiro atoms. The molecule has 0 aliphatic carbocycles. The monoisotopic (exact) mass is 382 g/mol. The minimum atomic E-state index is -4.74. The van der Waals surface area contributed by atoms with Crippen molar-refractivity contribution in [2.24, 2.45) is 7.05 Å². The molecular weight excluding hydrogens is 369 g/mol. The summed E-state index contributed by atoms with van der Waals surface area (Å²) in [4.78, 5) is 24.0. The van der Waals surface area contributed by atoms with Gasteiger partial charge in [0.05, 0.1) is 12.2 Å². The van der Waals surface area contributed by atoms with Crippen LogP contribution in [0.2, 0.25) is 0 Å². The van der Waals surface area contributed by atoms with Gasteiger partial charge in [-0.1, -0.05) is 6.07 Å². The topological polar surface area (TPSA) is 113 Å². The van der Waals surface area contributed by atoms with Crippen molar-refractivity contribution in [3.05, 3.63) is 52.5 Å². The lowest BCUT2D eigenvalue weighted by Gasteiger charge is -2.06. The van der Waals surface area contributed by atoms with Crippen LogP contribution in [-0.4, -0.2) is 47.0 Å². The van der Waals surface area contributed by atoms with E-state index >= 15 is 0 Å². The second kappa shape index (κ2) is 7.01.